The number of halogens is 1. The molecular formula is C19H15BrN2O3S. The van der Waals surface area contributed by atoms with E-state index in [9.17, 15) is 9.59 Å². The number of carbonyl (C=O) groups is 2. The van der Waals surface area contributed by atoms with Crippen LogP contribution in [0.25, 0.3) is 0 Å². The number of rotatable bonds is 7. The third kappa shape index (κ3) is 5.00. The predicted molar refractivity (Wildman–Crippen MR) is 105 cm³/mol. The molecule has 0 spiro atoms. The van der Waals surface area contributed by atoms with E-state index in [0.29, 0.717) is 16.3 Å². The maximum atomic E-state index is 12.1. The molecule has 3 aromatic rings. The zero-order valence-corrected chi connectivity index (χ0v) is 16.0. The lowest BCUT2D eigenvalue weighted by atomic mass is 10.2. The number of nitrogens with zero attached hydrogens (tertiary/aromatic N) is 1. The number of para-hydroxylation sites is 1. The van der Waals surface area contributed by atoms with Gasteiger partial charge in [-0.3, -0.25) is 9.59 Å². The molecule has 0 radical (unpaired) electrons. The third-order valence-electron chi connectivity index (χ3n) is 3.44. The summed E-state index contributed by atoms with van der Waals surface area (Å²) in [5.41, 5.74) is 1.95. The highest BCUT2D eigenvalue weighted by Crippen LogP contribution is 2.23. The van der Waals surface area contributed by atoms with Gasteiger partial charge in [-0.1, -0.05) is 34.1 Å². The van der Waals surface area contributed by atoms with Crippen LogP contribution in [0.2, 0.25) is 0 Å². The number of aromatic nitrogens is 1. The Morgan fingerprint density at radius 1 is 1.23 bits per heavy atom. The molecule has 0 atom stereocenters. The van der Waals surface area contributed by atoms with Gasteiger partial charge in [0.05, 0.1) is 17.7 Å². The van der Waals surface area contributed by atoms with Crippen molar-refractivity contribution in [1.29, 1.82) is 0 Å². The molecule has 0 saturated carbocycles. The summed E-state index contributed by atoms with van der Waals surface area (Å²) in [5, 5.41) is 5.39. The Bertz CT molecular complexity index is 912. The Balaban J connectivity index is 1.56. The van der Waals surface area contributed by atoms with Crippen LogP contribution in [0.15, 0.2) is 58.4 Å². The number of hydrogen-bond donors (Lipinski definition) is 1. The lowest BCUT2D eigenvalue weighted by Crippen LogP contribution is -2.14. The quantitative estimate of drug-likeness (QED) is 0.561. The molecule has 0 fully saturated rings. The minimum Gasteiger partial charge on any atom is -0.487 e. The molecule has 5 nitrogen and oxygen atoms in total. The standard InChI is InChI=1S/C19H15BrN2O3S/c20-14-6-7-17(13(8-14)10-23)25-11-16-12-26-19(22-16)9-18(24)21-15-4-2-1-3-5-15/h1-8,10,12H,9,11H2,(H,21,24). The van der Waals surface area contributed by atoms with Gasteiger partial charge in [0.2, 0.25) is 5.91 Å². The van der Waals surface area contributed by atoms with Crippen molar-refractivity contribution in [3.8, 4) is 5.75 Å². The fraction of sp³-hybridized carbons (Fsp3) is 0.105. The van der Waals surface area contributed by atoms with Gasteiger partial charge in [0.15, 0.2) is 6.29 Å². The molecule has 7 heteroatoms. The largest absolute Gasteiger partial charge is 0.487 e. The first-order valence-electron chi connectivity index (χ1n) is 7.80. The molecule has 0 unspecified atom stereocenters. The molecule has 0 aliphatic rings. The Kier molecular flexibility index (Phi) is 6.14. The van der Waals surface area contributed by atoms with Crippen LogP contribution >= 0.6 is 27.3 Å². The molecule has 0 bridgehead atoms. The van der Waals surface area contributed by atoms with Crippen LogP contribution in [-0.4, -0.2) is 17.2 Å². The second kappa shape index (κ2) is 8.73. The molecule has 0 aliphatic heterocycles. The average Bonchev–Trinajstić information content (AvgIpc) is 3.08. The van der Waals surface area contributed by atoms with Gasteiger partial charge in [0.25, 0.3) is 0 Å². The van der Waals surface area contributed by atoms with E-state index >= 15 is 0 Å². The zero-order valence-electron chi connectivity index (χ0n) is 13.6. The number of anilines is 1. The Morgan fingerprint density at radius 2 is 2.04 bits per heavy atom. The van der Waals surface area contributed by atoms with Gasteiger partial charge in [0.1, 0.15) is 17.4 Å². The van der Waals surface area contributed by atoms with Crippen molar-refractivity contribution in [2.24, 2.45) is 0 Å². The monoisotopic (exact) mass is 430 g/mol. The number of hydrogen-bond acceptors (Lipinski definition) is 5. The lowest BCUT2D eigenvalue weighted by molar-refractivity contribution is -0.115. The SMILES string of the molecule is O=Cc1cc(Br)ccc1OCc1csc(CC(=O)Nc2ccccc2)n1. The number of amides is 1. The number of thiazole rings is 1. The first-order chi connectivity index (χ1) is 12.6. The summed E-state index contributed by atoms with van der Waals surface area (Å²) in [6, 6.07) is 14.5. The summed E-state index contributed by atoms with van der Waals surface area (Å²) < 4.78 is 6.49. The van der Waals surface area contributed by atoms with Crippen LogP contribution in [0.3, 0.4) is 0 Å². The summed E-state index contributed by atoms with van der Waals surface area (Å²) >= 11 is 4.73. The summed E-state index contributed by atoms with van der Waals surface area (Å²) in [5.74, 6) is 0.383. The number of aldehydes is 1. The minimum absolute atomic E-state index is 0.117. The van der Waals surface area contributed by atoms with Crippen molar-refractivity contribution in [2.45, 2.75) is 13.0 Å². The lowest BCUT2D eigenvalue weighted by Gasteiger charge is -2.07. The van der Waals surface area contributed by atoms with Gasteiger partial charge < -0.3 is 10.1 Å². The van der Waals surface area contributed by atoms with E-state index < -0.39 is 0 Å². The van der Waals surface area contributed by atoms with E-state index in [1.165, 1.54) is 11.3 Å². The van der Waals surface area contributed by atoms with Crippen molar-refractivity contribution in [1.82, 2.24) is 4.98 Å². The number of ether oxygens (including phenoxy) is 1. The minimum atomic E-state index is -0.117. The van der Waals surface area contributed by atoms with Crippen molar-refractivity contribution >= 4 is 45.1 Å². The first-order valence-corrected chi connectivity index (χ1v) is 9.47. The first kappa shape index (κ1) is 18.3. The van der Waals surface area contributed by atoms with Gasteiger partial charge in [-0.15, -0.1) is 11.3 Å². The van der Waals surface area contributed by atoms with Crippen molar-refractivity contribution in [3.05, 3.63) is 74.6 Å². The maximum absolute atomic E-state index is 12.1. The van der Waals surface area contributed by atoms with E-state index in [1.807, 2.05) is 41.8 Å². The third-order valence-corrected chi connectivity index (χ3v) is 4.83. The second-order valence-electron chi connectivity index (χ2n) is 5.41. The topological polar surface area (TPSA) is 68.3 Å². The highest BCUT2D eigenvalue weighted by atomic mass is 79.9. The van der Waals surface area contributed by atoms with E-state index in [2.05, 4.69) is 26.2 Å². The molecular weight excluding hydrogens is 416 g/mol. The van der Waals surface area contributed by atoms with Crippen molar-refractivity contribution in [3.63, 3.8) is 0 Å². The predicted octanol–water partition coefficient (Wildman–Crippen LogP) is 4.48. The molecule has 1 N–H and O–H groups in total. The molecule has 1 aromatic heterocycles. The molecule has 26 heavy (non-hydrogen) atoms. The smallest absolute Gasteiger partial charge is 0.231 e. The molecule has 1 heterocycles. The van der Waals surface area contributed by atoms with Crippen LogP contribution in [0.4, 0.5) is 5.69 Å². The molecule has 0 saturated heterocycles. The Labute approximate surface area is 163 Å². The van der Waals surface area contributed by atoms with Crippen LogP contribution in [-0.2, 0) is 17.8 Å². The number of nitrogens with one attached hydrogen (secondary N) is 1. The van der Waals surface area contributed by atoms with Gasteiger partial charge in [0, 0.05) is 15.5 Å². The highest BCUT2D eigenvalue weighted by Gasteiger charge is 2.10. The Morgan fingerprint density at radius 3 is 2.81 bits per heavy atom. The van der Waals surface area contributed by atoms with Crippen molar-refractivity contribution < 1.29 is 14.3 Å². The van der Waals surface area contributed by atoms with Gasteiger partial charge in [-0.05, 0) is 30.3 Å². The van der Waals surface area contributed by atoms with Crippen LogP contribution in [0.1, 0.15) is 21.1 Å². The van der Waals surface area contributed by atoms with Crippen LogP contribution < -0.4 is 10.1 Å². The molecule has 132 valence electrons. The van der Waals surface area contributed by atoms with Crippen molar-refractivity contribution in [2.75, 3.05) is 5.32 Å². The van der Waals surface area contributed by atoms with Gasteiger partial charge in [-0.25, -0.2) is 4.98 Å². The van der Waals surface area contributed by atoms with Crippen LogP contribution in [0.5, 0.6) is 5.75 Å². The van der Waals surface area contributed by atoms with E-state index in [4.69, 9.17) is 4.74 Å². The maximum Gasteiger partial charge on any atom is 0.231 e. The second-order valence-corrected chi connectivity index (χ2v) is 7.27. The summed E-state index contributed by atoms with van der Waals surface area (Å²) in [4.78, 5) is 27.6. The molecule has 3 rings (SSSR count). The normalized spacial score (nSPS) is 10.3. The Hall–Kier alpha value is -2.51. The summed E-state index contributed by atoms with van der Waals surface area (Å²) in [6.07, 6.45) is 0.956. The van der Waals surface area contributed by atoms with Gasteiger partial charge in [-0.2, -0.15) is 0 Å². The van der Waals surface area contributed by atoms with E-state index in [1.54, 1.807) is 12.1 Å². The summed E-state index contributed by atoms with van der Waals surface area (Å²) in [7, 11) is 0. The average molecular weight is 431 g/mol. The number of benzene rings is 2. The molecule has 0 aliphatic carbocycles. The van der Waals surface area contributed by atoms with Gasteiger partial charge >= 0.3 is 0 Å². The summed E-state index contributed by atoms with van der Waals surface area (Å²) in [6.45, 7) is 0.235. The van der Waals surface area contributed by atoms with E-state index in [-0.39, 0.29) is 18.9 Å². The number of carbonyl (C=O) groups excluding carboxylic acids is 2. The molecule has 1 amide bonds. The molecule has 2 aromatic carbocycles. The van der Waals surface area contributed by atoms with Crippen LogP contribution in [0, 0.1) is 0 Å². The van der Waals surface area contributed by atoms with E-state index in [0.717, 1.165) is 22.1 Å². The fourth-order valence-corrected chi connectivity index (χ4v) is 3.41. The highest BCUT2D eigenvalue weighted by molar-refractivity contribution is 9.10. The fourth-order valence-electron chi connectivity index (χ4n) is 2.25. The zero-order chi connectivity index (χ0) is 18.4.